The van der Waals surface area contributed by atoms with Gasteiger partial charge >= 0.3 is 0 Å². The Labute approximate surface area is 84.4 Å². The maximum Gasteiger partial charge on any atom is 0.124 e. The van der Waals surface area contributed by atoms with Crippen LogP contribution in [0.3, 0.4) is 0 Å². The molecule has 0 saturated carbocycles. The van der Waals surface area contributed by atoms with Gasteiger partial charge in [0.05, 0.1) is 16.6 Å². The summed E-state index contributed by atoms with van der Waals surface area (Å²) < 4.78 is 1.19. The molecule has 0 fully saturated rings. The van der Waals surface area contributed by atoms with Gasteiger partial charge in [-0.1, -0.05) is 0 Å². The van der Waals surface area contributed by atoms with Gasteiger partial charge in [0.15, 0.2) is 0 Å². The summed E-state index contributed by atoms with van der Waals surface area (Å²) in [6.07, 6.45) is 3.62. The van der Waals surface area contributed by atoms with Crippen molar-refractivity contribution in [1.82, 2.24) is 15.2 Å². The molecule has 0 saturated heterocycles. The second kappa shape index (κ2) is 2.72. The minimum absolute atomic E-state index is 0.977. The van der Waals surface area contributed by atoms with Crippen LogP contribution in [0.15, 0.2) is 24.5 Å². The quantitative estimate of drug-likeness (QED) is 0.561. The van der Waals surface area contributed by atoms with Crippen LogP contribution in [0.25, 0.3) is 20.3 Å². The van der Waals surface area contributed by atoms with Gasteiger partial charge in [0.25, 0.3) is 0 Å². The first-order valence-corrected chi connectivity index (χ1v) is 5.13. The number of pyridine rings is 1. The Morgan fingerprint density at radius 2 is 2.21 bits per heavy atom. The molecule has 0 aliphatic heterocycles. The molecule has 0 radical (unpaired) electrons. The Hall–Kier alpha value is -1.55. The molecule has 4 heteroatoms. The first-order chi connectivity index (χ1) is 6.86. The highest BCUT2D eigenvalue weighted by atomic mass is 32.1. The fourth-order valence-corrected chi connectivity index (χ4v) is 2.62. The second-order valence-electron chi connectivity index (χ2n) is 3.13. The van der Waals surface area contributed by atoms with Crippen molar-refractivity contribution in [1.29, 1.82) is 0 Å². The first-order valence-electron chi connectivity index (χ1n) is 4.32. The minimum atomic E-state index is 0.977. The Morgan fingerprint density at radius 3 is 3.14 bits per heavy atom. The Morgan fingerprint density at radius 1 is 1.29 bits per heavy atom. The van der Waals surface area contributed by atoms with Crippen LogP contribution in [0.2, 0.25) is 0 Å². The molecule has 0 aliphatic carbocycles. The summed E-state index contributed by atoms with van der Waals surface area (Å²) in [5.41, 5.74) is 0.977. The summed E-state index contributed by atoms with van der Waals surface area (Å²) in [4.78, 5) is 5.38. The third-order valence-electron chi connectivity index (χ3n) is 2.23. The molecular formula is C10H7N3S. The van der Waals surface area contributed by atoms with E-state index in [2.05, 4.69) is 21.2 Å². The molecule has 0 spiro atoms. The number of thiophene rings is 1. The monoisotopic (exact) mass is 201 g/mol. The van der Waals surface area contributed by atoms with Gasteiger partial charge in [-0.2, -0.15) is 10.2 Å². The van der Waals surface area contributed by atoms with Crippen molar-refractivity contribution in [3.63, 3.8) is 0 Å². The van der Waals surface area contributed by atoms with Crippen LogP contribution >= 0.6 is 11.3 Å². The molecule has 0 bridgehead atoms. The van der Waals surface area contributed by atoms with Crippen LogP contribution in [-0.2, 0) is 0 Å². The van der Waals surface area contributed by atoms with Crippen LogP contribution < -0.4 is 0 Å². The van der Waals surface area contributed by atoms with Crippen LogP contribution in [0.5, 0.6) is 0 Å². The van der Waals surface area contributed by atoms with Crippen molar-refractivity contribution in [2.24, 2.45) is 0 Å². The van der Waals surface area contributed by atoms with Gasteiger partial charge in [0, 0.05) is 17.0 Å². The molecule has 0 amide bonds. The van der Waals surface area contributed by atoms with E-state index in [0.29, 0.717) is 0 Å². The molecule has 0 aromatic carbocycles. The van der Waals surface area contributed by atoms with E-state index >= 15 is 0 Å². The number of fused-ring (bicyclic) bond motifs is 3. The molecule has 3 heterocycles. The Kier molecular flexibility index (Phi) is 1.52. The zero-order chi connectivity index (χ0) is 9.54. The summed E-state index contributed by atoms with van der Waals surface area (Å²) in [5, 5.41) is 10.3. The minimum Gasteiger partial charge on any atom is -0.245 e. The normalized spacial score (nSPS) is 11.2. The zero-order valence-corrected chi connectivity index (χ0v) is 8.38. The molecule has 0 atom stereocenters. The molecule has 0 N–H and O–H groups in total. The van der Waals surface area contributed by atoms with Crippen molar-refractivity contribution in [2.45, 2.75) is 6.92 Å². The molecule has 3 rings (SSSR count). The van der Waals surface area contributed by atoms with E-state index in [-0.39, 0.29) is 0 Å². The predicted octanol–water partition coefficient (Wildman–Crippen LogP) is 2.55. The molecule has 0 unspecified atom stereocenters. The fourth-order valence-electron chi connectivity index (χ4n) is 1.57. The summed E-state index contributed by atoms with van der Waals surface area (Å²) in [6, 6.07) is 4.02. The van der Waals surface area contributed by atoms with Crippen molar-refractivity contribution < 1.29 is 0 Å². The molecule has 3 aromatic heterocycles. The van der Waals surface area contributed by atoms with Gasteiger partial charge in [-0.05, 0) is 19.1 Å². The predicted molar refractivity (Wildman–Crippen MR) is 57.5 cm³/mol. The van der Waals surface area contributed by atoms with Crippen LogP contribution in [0.1, 0.15) is 5.69 Å². The molecule has 68 valence electrons. The Bertz CT molecular complexity index is 615. The SMILES string of the molecule is Cc1nncc2c1sc1ncccc12. The average Bonchev–Trinajstić information content (AvgIpc) is 2.59. The third kappa shape index (κ3) is 0.943. The highest BCUT2D eigenvalue weighted by Gasteiger charge is 2.07. The summed E-state index contributed by atoms with van der Waals surface area (Å²) >= 11 is 1.67. The van der Waals surface area contributed by atoms with E-state index in [1.807, 2.05) is 25.4 Å². The second-order valence-corrected chi connectivity index (χ2v) is 4.13. The van der Waals surface area contributed by atoms with E-state index in [0.717, 1.165) is 15.9 Å². The smallest absolute Gasteiger partial charge is 0.124 e. The van der Waals surface area contributed by atoms with Gasteiger partial charge in [-0.3, -0.25) is 0 Å². The van der Waals surface area contributed by atoms with E-state index in [9.17, 15) is 0 Å². The maximum absolute atomic E-state index is 4.32. The number of aromatic nitrogens is 3. The van der Waals surface area contributed by atoms with Crippen molar-refractivity contribution in [3.05, 3.63) is 30.2 Å². The van der Waals surface area contributed by atoms with Gasteiger partial charge in [0.2, 0.25) is 0 Å². The lowest BCUT2D eigenvalue weighted by Gasteiger charge is -1.91. The number of nitrogens with zero attached hydrogens (tertiary/aromatic N) is 3. The highest BCUT2D eigenvalue weighted by Crippen LogP contribution is 2.32. The van der Waals surface area contributed by atoms with Crippen LogP contribution in [-0.4, -0.2) is 15.2 Å². The number of hydrogen-bond acceptors (Lipinski definition) is 4. The molecule has 3 nitrogen and oxygen atoms in total. The third-order valence-corrected chi connectivity index (χ3v) is 3.47. The van der Waals surface area contributed by atoms with Gasteiger partial charge in [-0.15, -0.1) is 11.3 Å². The molecule has 0 aliphatic rings. The molecule has 3 aromatic rings. The van der Waals surface area contributed by atoms with E-state index in [1.165, 1.54) is 10.1 Å². The van der Waals surface area contributed by atoms with Crippen molar-refractivity contribution in [2.75, 3.05) is 0 Å². The average molecular weight is 201 g/mol. The lowest BCUT2D eigenvalue weighted by Crippen LogP contribution is -1.83. The topological polar surface area (TPSA) is 38.7 Å². The van der Waals surface area contributed by atoms with Crippen LogP contribution in [0, 0.1) is 6.92 Å². The first kappa shape index (κ1) is 7.82. The van der Waals surface area contributed by atoms with E-state index in [1.54, 1.807) is 11.3 Å². The lowest BCUT2D eigenvalue weighted by molar-refractivity contribution is 1.01. The summed E-state index contributed by atoms with van der Waals surface area (Å²) in [6.45, 7) is 1.98. The number of rotatable bonds is 0. The number of hydrogen-bond donors (Lipinski definition) is 0. The summed E-state index contributed by atoms with van der Waals surface area (Å²) in [7, 11) is 0. The van der Waals surface area contributed by atoms with E-state index in [4.69, 9.17) is 0 Å². The van der Waals surface area contributed by atoms with Gasteiger partial charge in [0.1, 0.15) is 4.83 Å². The van der Waals surface area contributed by atoms with Crippen LogP contribution in [0.4, 0.5) is 0 Å². The molecular weight excluding hydrogens is 194 g/mol. The largest absolute Gasteiger partial charge is 0.245 e. The molecule has 14 heavy (non-hydrogen) atoms. The highest BCUT2D eigenvalue weighted by molar-refractivity contribution is 7.25. The zero-order valence-electron chi connectivity index (χ0n) is 7.56. The van der Waals surface area contributed by atoms with Crippen molar-refractivity contribution in [3.8, 4) is 0 Å². The van der Waals surface area contributed by atoms with Gasteiger partial charge < -0.3 is 0 Å². The standard InChI is InChI=1S/C10H7N3S/c1-6-9-8(5-12-13-6)7-3-2-4-11-10(7)14-9/h2-5H,1H3. The Balaban J connectivity index is 2.63. The fraction of sp³-hybridized carbons (Fsp3) is 0.100. The van der Waals surface area contributed by atoms with E-state index < -0.39 is 0 Å². The van der Waals surface area contributed by atoms with Gasteiger partial charge in [-0.25, -0.2) is 4.98 Å². The maximum atomic E-state index is 4.32. The lowest BCUT2D eigenvalue weighted by atomic mass is 10.2. The summed E-state index contributed by atoms with van der Waals surface area (Å²) in [5.74, 6) is 0. The van der Waals surface area contributed by atoms with Crippen molar-refractivity contribution >= 4 is 31.6 Å². The number of aryl methyl sites for hydroxylation is 1.